The molecule has 0 aliphatic rings. The number of fused-ring (bicyclic) bond motifs is 1. The van der Waals surface area contributed by atoms with Gasteiger partial charge in [0.25, 0.3) is 0 Å². The molecule has 0 atom stereocenters. The van der Waals surface area contributed by atoms with E-state index in [1.165, 1.54) is 6.07 Å². The summed E-state index contributed by atoms with van der Waals surface area (Å²) in [6.45, 7) is 5.95. The number of nitrogens with two attached hydrogens (primary N) is 1. The van der Waals surface area contributed by atoms with Gasteiger partial charge >= 0.3 is 0 Å². The molecular formula is C13H15FN2. The van der Waals surface area contributed by atoms with Gasteiger partial charge in [0.05, 0.1) is 5.52 Å². The zero-order chi connectivity index (χ0) is 11.9. The smallest absolute Gasteiger partial charge is 0.132 e. The number of anilines is 1. The Morgan fingerprint density at radius 2 is 2.00 bits per heavy atom. The van der Waals surface area contributed by atoms with E-state index >= 15 is 0 Å². The molecule has 1 aromatic heterocycles. The Hall–Kier alpha value is -1.64. The molecule has 0 aliphatic heterocycles. The van der Waals surface area contributed by atoms with Crippen molar-refractivity contribution in [3.63, 3.8) is 0 Å². The summed E-state index contributed by atoms with van der Waals surface area (Å²) >= 11 is 0. The summed E-state index contributed by atoms with van der Waals surface area (Å²) in [6, 6.07) is 5.00. The lowest BCUT2D eigenvalue weighted by Gasteiger charge is -2.11. The molecule has 84 valence electrons. The van der Waals surface area contributed by atoms with Crippen LogP contribution < -0.4 is 5.73 Å². The summed E-state index contributed by atoms with van der Waals surface area (Å²) in [5.74, 6) is 0.503. The lowest BCUT2D eigenvalue weighted by molar-refractivity contribution is 0.639. The van der Waals surface area contributed by atoms with Crippen molar-refractivity contribution in [3.05, 3.63) is 35.1 Å². The molecule has 1 heterocycles. The van der Waals surface area contributed by atoms with Crippen LogP contribution in [0.25, 0.3) is 10.9 Å². The third-order valence-corrected chi connectivity index (χ3v) is 2.82. The molecule has 2 rings (SSSR count). The van der Waals surface area contributed by atoms with E-state index in [1.54, 1.807) is 6.07 Å². The van der Waals surface area contributed by atoms with Gasteiger partial charge < -0.3 is 5.73 Å². The van der Waals surface area contributed by atoms with Gasteiger partial charge in [-0.15, -0.1) is 0 Å². The number of halogens is 1. The van der Waals surface area contributed by atoms with Gasteiger partial charge in [-0.05, 0) is 36.1 Å². The molecule has 2 N–H and O–H groups in total. The molecule has 0 saturated carbocycles. The zero-order valence-electron chi connectivity index (χ0n) is 9.71. The van der Waals surface area contributed by atoms with Crippen molar-refractivity contribution < 1.29 is 4.39 Å². The maximum atomic E-state index is 13.7. The van der Waals surface area contributed by atoms with Crippen LogP contribution in [-0.2, 0) is 0 Å². The number of nitrogen functional groups attached to an aromatic ring is 1. The summed E-state index contributed by atoms with van der Waals surface area (Å²) in [7, 11) is 0. The highest BCUT2D eigenvalue weighted by atomic mass is 19.1. The molecule has 0 unspecified atom stereocenters. The van der Waals surface area contributed by atoms with Gasteiger partial charge in [-0.3, -0.25) is 0 Å². The summed E-state index contributed by atoms with van der Waals surface area (Å²) in [5.41, 5.74) is 8.37. The second-order valence-corrected chi connectivity index (χ2v) is 4.38. The Bertz CT molecular complexity index is 547. The average Bonchev–Trinajstić information content (AvgIpc) is 2.23. The number of aromatic nitrogens is 1. The number of pyridine rings is 1. The summed E-state index contributed by atoms with van der Waals surface area (Å²) in [4.78, 5) is 4.30. The quantitative estimate of drug-likeness (QED) is 0.796. The van der Waals surface area contributed by atoms with Crippen molar-refractivity contribution in [3.8, 4) is 0 Å². The van der Waals surface area contributed by atoms with Crippen LogP contribution in [0.2, 0.25) is 0 Å². The first-order valence-electron chi connectivity index (χ1n) is 5.36. The van der Waals surface area contributed by atoms with Gasteiger partial charge in [-0.25, -0.2) is 9.37 Å². The highest BCUT2D eigenvalue weighted by Gasteiger charge is 2.11. The molecular weight excluding hydrogens is 203 g/mol. The number of hydrogen-bond donors (Lipinski definition) is 1. The minimum atomic E-state index is -0.241. The number of hydrogen-bond acceptors (Lipinski definition) is 2. The fourth-order valence-electron chi connectivity index (χ4n) is 1.85. The maximum Gasteiger partial charge on any atom is 0.132 e. The van der Waals surface area contributed by atoms with E-state index < -0.39 is 0 Å². The number of rotatable bonds is 1. The number of aryl methyl sites for hydroxylation is 1. The second-order valence-electron chi connectivity index (χ2n) is 4.38. The van der Waals surface area contributed by atoms with E-state index in [0.29, 0.717) is 16.7 Å². The fraction of sp³-hybridized carbons (Fsp3) is 0.308. The van der Waals surface area contributed by atoms with Gasteiger partial charge in [0.1, 0.15) is 11.6 Å². The van der Waals surface area contributed by atoms with E-state index in [4.69, 9.17) is 5.73 Å². The topological polar surface area (TPSA) is 38.9 Å². The molecule has 1 aromatic carbocycles. The first-order chi connectivity index (χ1) is 7.50. The third kappa shape index (κ3) is 1.62. The monoisotopic (exact) mass is 218 g/mol. The second kappa shape index (κ2) is 3.74. The van der Waals surface area contributed by atoms with Crippen molar-refractivity contribution >= 4 is 16.7 Å². The summed E-state index contributed by atoms with van der Waals surface area (Å²) in [6.07, 6.45) is 0. The van der Waals surface area contributed by atoms with Crippen LogP contribution in [0.4, 0.5) is 10.2 Å². The minimum absolute atomic E-state index is 0.241. The predicted molar refractivity (Wildman–Crippen MR) is 64.9 cm³/mol. The fourth-order valence-corrected chi connectivity index (χ4v) is 1.85. The van der Waals surface area contributed by atoms with E-state index in [1.807, 2.05) is 26.8 Å². The highest BCUT2D eigenvalue weighted by Crippen LogP contribution is 2.27. The van der Waals surface area contributed by atoms with Crippen molar-refractivity contribution in [2.75, 3.05) is 5.73 Å². The Kier molecular flexibility index (Phi) is 2.54. The molecule has 16 heavy (non-hydrogen) atoms. The molecule has 0 saturated heterocycles. The van der Waals surface area contributed by atoms with Gasteiger partial charge in [0, 0.05) is 5.39 Å². The van der Waals surface area contributed by atoms with Gasteiger partial charge in [0.2, 0.25) is 0 Å². The largest absolute Gasteiger partial charge is 0.383 e. The van der Waals surface area contributed by atoms with Crippen LogP contribution in [0.3, 0.4) is 0 Å². The summed E-state index contributed by atoms with van der Waals surface area (Å²) < 4.78 is 13.7. The molecule has 0 bridgehead atoms. The van der Waals surface area contributed by atoms with Gasteiger partial charge in [-0.1, -0.05) is 19.9 Å². The Labute approximate surface area is 94.3 Å². The highest BCUT2D eigenvalue weighted by molar-refractivity contribution is 5.85. The molecule has 0 amide bonds. The molecule has 0 spiro atoms. The van der Waals surface area contributed by atoms with Crippen LogP contribution in [-0.4, -0.2) is 4.98 Å². The Balaban J connectivity index is 2.84. The summed E-state index contributed by atoms with van der Waals surface area (Å²) in [5, 5.41) is 0.554. The molecule has 0 radical (unpaired) electrons. The van der Waals surface area contributed by atoms with Crippen molar-refractivity contribution in [1.82, 2.24) is 4.98 Å². The molecule has 0 fully saturated rings. The van der Waals surface area contributed by atoms with Crippen LogP contribution in [0.1, 0.15) is 30.9 Å². The third-order valence-electron chi connectivity index (χ3n) is 2.82. The SMILES string of the molecule is Cc1ccc(F)c2cc(C(C)C)c(N)nc12. The minimum Gasteiger partial charge on any atom is -0.383 e. The molecule has 2 nitrogen and oxygen atoms in total. The van der Waals surface area contributed by atoms with Crippen LogP contribution in [0, 0.1) is 12.7 Å². The van der Waals surface area contributed by atoms with Crippen LogP contribution in [0.5, 0.6) is 0 Å². The maximum absolute atomic E-state index is 13.7. The van der Waals surface area contributed by atoms with Crippen LogP contribution in [0.15, 0.2) is 18.2 Å². The average molecular weight is 218 g/mol. The first-order valence-corrected chi connectivity index (χ1v) is 5.36. The molecule has 0 aliphatic carbocycles. The lowest BCUT2D eigenvalue weighted by Crippen LogP contribution is -2.01. The van der Waals surface area contributed by atoms with Gasteiger partial charge in [-0.2, -0.15) is 0 Å². The lowest BCUT2D eigenvalue weighted by atomic mass is 10.0. The van der Waals surface area contributed by atoms with E-state index in [-0.39, 0.29) is 11.7 Å². The van der Waals surface area contributed by atoms with Crippen molar-refractivity contribution in [2.45, 2.75) is 26.7 Å². The predicted octanol–water partition coefficient (Wildman–Crippen LogP) is 3.39. The van der Waals surface area contributed by atoms with E-state index in [2.05, 4.69) is 4.98 Å². The first kappa shape index (κ1) is 10.9. The van der Waals surface area contributed by atoms with Crippen molar-refractivity contribution in [2.24, 2.45) is 0 Å². The van der Waals surface area contributed by atoms with E-state index in [0.717, 1.165) is 11.1 Å². The molecule has 2 aromatic rings. The number of benzene rings is 1. The van der Waals surface area contributed by atoms with E-state index in [9.17, 15) is 4.39 Å². The number of nitrogens with zero attached hydrogens (tertiary/aromatic N) is 1. The Morgan fingerprint density at radius 1 is 1.31 bits per heavy atom. The zero-order valence-corrected chi connectivity index (χ0v) is 9.71. The standard InChI is InChI=1S/C13H15FN2/c1-7(2)9-6-10-11(14)5-4-8(3)12(10)16-13(9)15/h4-7H,1-3H3,(H2,15,16). The molecule has 3 heteroatoms. The van der Waals surface area contributed by atoms with Crippen LogP contribution >= 0.6 is 0 Å². The van der Waals surface area contributed by atoms with Crippen molar-refractivity contribution in [1.29, 1.82) is 0 Å². The Morgan fingerprint density at radius 3 is 2.62 bits per heavy atom. The van der Waals surface area contributed by atoms with Gasteiger partial charge in [0.15, 0.2) is 0 Å². The normalized spacial score (nSPS) is 11.3.